The van der Waals surface area contributed by atoms with Crippen LogP contribution in [0.25, 0.3) is 0 Å². The minimum Gasteiger partial charge on any atom is -0.340 e. The molecule has 0 unspecified atom stereocenters. The van der Waals surface area contributed by atoms with E-state index in [2.05, 4.69) is 23.9 Å². The highest BCUT2D eigenvalue weighted by molar-refractivity contribution is 8.00. The van der Waals surface area contributed by atoms with E-state index in [9.17, 15) is 9.59 Å². The van der Waals surface area contributed by atoms with Gasteiger partial charge >= 0.3 is 0 Å². The van der Waals surface area contributed by atoms with Crippen molar-refractivity contribution in [3.05, 3.63) is 18.3 Å². The fraction of sp³-hybridized carbons (Fsp3) is 0.588. The van der Waals surface area contributed by atoms with Crippen molar-refractivity contribution in [2.24, 2.45) is 0 Å². The van der Waals surface area contributed by atoms with Crippen molar-refractivity contribution in [2.75, 3.05) is 44.7 Å². The molecule has 0 aliphatic carbocycles. The number of anilines is 1. The normalized spacial score (nSPS) is 21.8. The second kappa shape index (κ2) is 7.53. The molecule has 0 saturated carbocycles. The van der Waals surface area contributed by atoms with Gasteiger partial charge in [0.1, 0.15) is 5.03 Å². The average Bonchev–Trinajstić information content (AvgIpc) is 2.59. The molecule has 1 atom stereocenters. The van der Waals surface area contributed by atoms with Crippen LogP contribution in [0.4, 0.5) is 5.69 Å². The Labute approximate surface area is 147 Å². The minimum atomic E-state index is -0.369. The van der Waals surface area contributed by atoms with Gasteiger partial charge in [0.15, 0.2) is 0 Å². The standard InChI is InChI=1S/C17H24N4O2S/c1-3-7-21-13-5-4-6-18-16(13)24-14(17(21)23)12-15(22)20-10-8-19(2)9-11-20/h4-6,14H,3,7-12H2,1-2H3/t14-/m0/s1. The third kappa shape index (κ3) is 3.57. The summed E-state index contributed by atoms with van der Waals surface area (Å²) in [5.74, 6) is 0.106. The second-order valence-corrected chi connectivity index (χ2v) is 7.50. The van der Waals surface area contributed by atoms with Gasteiger partial charge in [-0.25, -0.2) is 4.98 Å². The molecule has 130 valence electrons. The van der Waals surface area contributed by atoms with E-state index in [1.54, 1.807) is 11.1 Å². The van der Waals surface area contributed by atoms with Gasteiger partial charge in [-0.3, -0.25) is 9.59 Å². The van der Waals surface area contributed by atoms with Crippen LogP contribution in [0, 0.1) is 0 Å². The highest BCUT2D eigenvalue weighted by Crippen LogP contribution is 2.38. The summed E-state index contributed by atoms with van der Waals surface area (Å²) in [5, 5.41) is 0.479. The number of hydrogen-bond donors (Lipinski definition) is 0. The molecule has 7 heteroatoms. The van der Waals surface area contributed by atoms with Crippen LogP contribution in [-0.2, 0) is 9.59 Å². The Balaban J connectivity index is 1.72. The first kappa shape index (κ1) is 17.2. The molecule has 0 aromatic carbocycles. The van der Waals surface area contributed by atoms with Gasteiger partial charge in [0.25, 0.3) is 0 Å². The molecule has 0 spiro atoms. The quantitative estimate of drug-likeness (QED) is 0.825. The molecule has 2 aliphatic rings. The molecule has 2 amide bonds. The summed E-state index contributed by atoms with van der Waals surface area (Å²) in [5.41, 5.74) is 0.873. The number of aromatic nitrogens is 1. The van der Waals surface area contributed by atoms with Gasteiger partial charge in [0.2, 0.25) is 11.8 Å². The van der Waals surface area contributed by atoms with Crippen LogP contribution in [0.5, 0.6) is 0 Å². The van der Waals surface area contributed by atoms with Gasteiger partial charge in [-0.15, -0.1) is 0 Å². The van der Waals surface area contributed by atoms with Gasteiger partial charge in [0.05, 0.1) is 10.9 Å². The molecule has 0 N–H and O–H groups in total. The Morgan fingerprint density at radius 3 is 2.79 bits per heavy atom. The Morgan fingerprint density at radius 1 is 1.33 bits per heavy atom. The molecule has 1 aromatic rings. The Morgan fingerprint density at radius 2 is 2.08 bits per heavy atom. The molecule has 24 heavy (non-hydrogen) atoms. The van der Waals surface area contributed by atoms with Crippen LogP contribution < -0.4 is 4.90 Å². The molecular formula is C17H24N4O2S. The first-order valence-corrected chi connectivity index (χ1v) is 9.37. The zero-order valence-corrected chi connectivity index (χ0v) is 15.1. The van der Waals surface area contributed by atoms with Crippen molar-refractivity contribution in [1.29, 1.82) is 0 Å². The Bertz CT molecular complexity index is 616. The van der Waals surface area contributed by atoms with Crippen LogP contribution in [-0.4, -0.2) is 71.6 Å². The maximum Gasteiger partial charge on any atom is 0.241 e. The predicted molar refractivity (Wildman–Crippen MR) is 95.2 cm³/mol. The zero-order chi connectivity index (χ0) is 17.1. The molecule has 2 aliphatic heterocycles. The summed E-state index contributed by atoms with van der Waals surface area (Å²) in [6.45, 7) is 5.99. The number of thioether (sulfide) groups is 1. The lowest BCUT2D eigenvalue weighted by atomic mass is 10.2. The van der Waals surface area contributed by atoms with E-state index >= 15 is 0 Å². The lowest BCUT2D eigenvalue weighted by Gasteiger charge is -2.35. The SMILES string of the molecule is CCCN1C(=O)[C@H](CC(=O)N2CCN(C)CC2)Sc2ncccc21. The van der Waals surface area contributed by atoms with Crippen LogP contribution in [0.2, 0.25) is 0 Å². The van der Waals surface area contributed by atoms with Crippen molar-refractivity contribution in [2.45, 2.75) is 30.0 Å². The number of hydrogen-bond acceptors (Lipinski definition) is 5. The largest absolute Gasteiger partial charge is 0.340 e. The topological polar surface area (TPSA) is 56.8 Å². The molecule has 3 heterocycles. The fourth-order valence-corrected chi connectivity index (χ4v) is 4.23. The third-order valence-electron chi connectivity index (χ3n) is 4.50. The van der Waals surface area contributed by atoms with Crippen molar-refractivity contribution in [1.82, 2.24) is 14.8 Å². The summed E-state index contributed by atoms with van der Waals surface area (Å²) in [6.07, 6.45) is 2.87. The number of amides is 2. The smallest absolute Gasteiger partial charge is 0.241 e. The van der Waals surface area contributed by atoms with E-state index < -0.39 is 0 Å². The molecule has 1 saturated heterocycles. The van der Waals surface area contributed by atoms with Crippen LogP contribution in [0.3, 0.4) is 0 Å². The summed E-state index contributed by atoms with van der Waals surface area (Å²) < 4.78 is 0. The maximum atomic E-state index is 12.8. The van der Waals surface area contributed by atoms with E-state index in [4.69, 9.17) is 0 Å². The zero-order valence-electron chi connectivity index (χ0n) is 14.3. The van der Waals surface area contributed by atoms with Crippen molar-refractivity contribution in [3.8, 4) is 0 Å². The van der Waals surface area contributed by atoms with E-state index in [0.29, 0.717) is 6.54 Å². The molecule has 0 bridgehead atoms. The summed E-state index contributed by atoms with van der Waals surface area (Å²) >= 11 is 1.43. The summed E-state index contributed by atoms with van der Waals surface area (Å²) in [6, 6.07) is 3.78. The summed E-state index contributed by atoms with van der Waals surface area (Å²) in [7, 11) is 2.06. The number of carbonyl (C=O) groups is 2. The number of piperazine rings is 1. The van der Waals surface area contributed by atoms with Crippen LogP contribution in [0.15, 0.2) is 23.4 Å². The number of carbonyl (C=O) groups excluding carboxylic acids is 2. The van der Waals surface area contributed by atoms with E-state index in [-0.39, 0.29) is 23.5 Å². The molecular weight excluding hydrogens is 324 g/mol. The Kier molecular flexibility index (Phi) is 5.40. The van der Waals surface area contributed by atoms with E-state index in [0.717, 1.165) is 43.3 Å². The minimum absolute atomic E-state index is 0.0322. The Hall–Kier alpha value is -1.60. The number of likely N-dealkylation sites (N-methyl/N-ethyl adjacent to an activating group) is 1. The monoisotopic (exact) mass is 348 g/mol. The van der Waals surface area contributed by atoms with Gasteiger partial charge in [-0.05, 0) is 25.6 Å². The highest BCUT2D eigenvalue weighted by atomic mass is 32.2. The molecule has 1 fully saturated rings. The van der Waals surface area contributed by atoms with Crippen molar-refractivity contribution < 1.29 is 9.59 Å². The van der Waals surface area contributed by atoms with Crippen molar-refractivity contribution in [3.63, 3.8) is 0 Å². The van der Waals surface area contributed by atoms with Gasteiger partial charge in [-0.1, -0.05) is 18.7 Å². The predicted octanol–water partition coefficient (Wildman–Crippen LogP) is 1.46. The van der Waals surface area contributed by atoms with Crippen molar-refractivity contribution >= 4 is 29.3 Å². The van der Waals surface area contributed by atoms with Gasteiger partial charge < -0.3 is 14.7 Å². The highest BCUT2D eigenvalue weighted by Gasteiger charge is 2.36. The maximum absolute atomic E-state index is 12.8. The van der Waals surface area contributed by atoms with Gasteiger partial charge in [0, 0.05) is 45.3 Å². The third-order valence-corrected chi connectivity index (χ3v) is 5.69. The number of pyridine rings is 1. The molecule has 0 radical (unpaired) electrons. The second-order valence-electron chi connectivity index (χ2n) is 6.31. The van der Waals surface area contributed by atoms with Crippen LogP contribution >= 0.6 is 11.8 Å². The number of rotatable bonds is 4. The van der Waals surface area contributed by atoms with Crippen LogP contribution in [0.1, 0.15) is 19.8 Å². The fourth-order valence-electron chi connectivity index (χ4n) is 3.08. The average molecular weight is 348 g/mol. The number of nitrogens with zero attached hydrogens (tertiary/aromatic N) is 4. The van der Waals surface area contributed by atoms with E-state index in [1.807, 2.05) is 17.0 Å². The van der Waals surface area contributed by atoms with Gasteiger partial charge in [-0.2, -0.15) is 0 Å². The summed E-state index contributed by atoms with van der Waals surface area (Å²) in [4.78, 5) is 35.7. The first-order valence-electron chi connectivity index (χ1n) is 8.49. The first-order chi connectivity index (χ1) is 11.6. The lowest BCUT2D eigenvalue weighted by Crippen LogP contribution is -2.49. The number of fused-ring (bicyclic) bond motifs is 1. The molecule has 6 nitrogen and oxygen atoms in total. The van der Waals surface area contributed by atoms with E-state index in [1.165, 1.54) is 11.8 Å². The lowest BCUT2D eigenvalue weighted by molar-refractivity contribution is -0.134. The molecule has 1 aromatic heterocycles. The molecule has 3 rings (SSSR count).